The zero-order valence-corrected chi connectivity index (χ0v) is 11.4. The number of nitrogens with one attached hydrogen (secondary N) is 1. The van der Waals surface area contributed by atoms with Crippen LogP contribution in [0.2, 0.25) is 10.0 Å². The van der Waals surface area contributed by atoms with Crippen molar-refractivity contribution < 1.29 is 5.11 Å². The molecular formula is C14H13Cl2NO. The molecule has 2 rings (SSSR count). The number of anilines is 1. The lowest BCUT2D eigenvalue weighted by atomic mass is 10.2. The van der Waals surface area contributed by atoms with Gasteiger partial charge in [-0.25, -0.2) is 0 Å². The summed E-state index contributed by atoms with van der Waals surface area (Å²) >= 11 is 12.1. The molecule has 0 heterocycles. The van der Waals surface area contributed by atoms with E-state index < -0.39 is 0 Å². The van der Waals surface area contributed by atoms with Gasteiger partial charge in [0.15, 0.2) is 0 Å². The number of phenolic OH excluding ortho intramolecular Hbond substituents is 1. The Morgan fingerprint density at radius 2 is 1.94 bits per heavy atom. The highest BCUT2D eigenvalue weighted by Gasteiger charge is 2.04. The molecular weight excluding hydrogens is 269 g/mol. The van der Waals surface area contributed by atoms with Crippen molar-refractivity contribution in [2.75, 3.05) is 5.32 Å². The Kier molecular flexibility index (Phi) is 4.00. The Hall–Kier alpha value is -1.38. The Bertz CT molecular complexity index is 570. The average Bonchev–Trinajstić information content (AvgIpc) is 2.35. The molecule has 2 aromatic rings. The second-order valence-electron chi connectivity index (χ2n) is 4.07. The maximum atomic E-state index is 9.44. The molecule has 0 atom stereocenters. The molecule has 0 spiro atoms. The molecule has 2 nitrogen and oxygen atoms in total. The lowest BCUT2D eigenvalue weighted by molar-refractivity contribution is 0.471. The molecule has 0 saturated heterocycles. The Morgan fingerprint density at radius 3 is 2.67 bits per heavy atom. The topological polar surface area (TPSA) is 32.3 Å². The predicted molar refractivity (Wildman–Crippen MR) is 76.6 cm³/mol. The summed E-state index contributed by atoms with van der Waals surface area (Å²) in [6.07, 6.45) is 0. The molecule has 0 unspecified atom stereocenters. The van der Waals surface area contributed by atoms with Crippen molar-refractivity contribution in [1.29, 1.82) is 0 Å². The van der Waals surface area contributed by atoms with Crippen molar-refractivity contribution in [3.05, 3.63) is 57.6 Å². The predicted octanol–water partition coefficient (Wildman–Crippen LogP) is 4.62. The Balaban J connectivity index is 2.11. The van der Waals surface area contributed by atoms with Crippen LogP contribution in [0.15, 0.2) is 36.4 Å². The molecule has 0 aliphatic heterocycles. The second-order valence-corrected chi connectivity index (χ2v) is 4.85. The van der Waals surface area contributed by atoms with E-state index in [2.05, 4.69) is 5.32 Å². The van der Waals surface area contributed by atoms with E-state index in [1.165, 1.54) is 0 Å². The molecule has 0 aliphatic rings. The largest absolute Gasteiger partial charge is 0.508 e. The van der Waals surface area contributed by atoms with Crippen molar-refractivity contribution in [1.82, 2.24) is 0 Å². The molecule has 0 amide bonds. The van der Waals surface area contributed by atoms with E-state index in [4.69, 9.17) is 23.2 Å². The van der Waals surface area contributed by atoms with E-state index in [0.717, 1.165) is 16.8 Å². The van der Waals surface area contributed by atoms with Crippen LogP contribution in [0.4, 0.5) is 5.69 Å². The minimum atomic E-state index is 0.293. The van der Waals surface area contributed by atoms with Crippen LogP contribution in [-0.4, -0.2) is 5.11 Å². The Labute approximate surface area is 116 Å². The first-order chi connectivity index (χ1) is 8.58. The van der Waals surface area contributed by atoms with E-state index in [9.17, 15) is 5.11 Å². The molecule has 4 heteroatoms. The van der Waals surface area contributed by atoms with Crippen LogP contribution in [0.3, 0.4) is 0 Å². The fourth-order valence-corrected chi connectivity index (χ4v) is 2.03. The summed E-state index contributed by atoms with van der Waals surface area (Å²) < 4.78 is 0. The van der Waals surface area contributed by atoms with Crippen molar-refractivity contribution in [2.24, 2.45) is 0 Å². The summed E-state index contributed by atoms with van der Waals surface area (Å²) in [6, 6.07) is 10.9. The van der Waals surface area contributed by atoms with Crippen LogP contribution in [0.5, 0.6) is 5.75 Å². The number of benzene rings is 2. The van der Waals surface area contributed by atoms with Crippen LogP contribution < -0.4 is 5.32 Å². The maximum Gasteiger partial charge on any atom is 0.118 e. The molecule has 0 aromatic heterocycles. The van der Waals surface area contributed by atoms with Gasteiger partial charge in [0.05, 0.1) is 10.0 Å². The van der Waals surface area contributed by atoms with Crippen molar-refractivity contribution in [3.8, 4) is 5.75 Å². The van der Waals surface area contributed by atoms with Gasteiger partial charge < -0.3 is 10.4 Å². The zero-order valence-electron chi connectivity index (χ0n) is 9.87. The van der Waals surface area contributed by atoms with Gasteiger partial charge in [-0.1, -0.05) is 35.3 Å². The smallest absolute Gasteiger partial charge is 0.118 e. The molecule has 0 aliphatic carbocycles. The number of hydrogen-bond acceptors (Lipinski definition) is 2. The fourth-order valence-electron chi connectivity index (χ4n) is 1.65. The zero-order chi connectivity index (χ0) is 13.1. The van der Waals surface area contributed by atoms with Crippen molar-refractivity contribution >= 4 is 28.9 Å². The molecule has 0 radical (unpaired) electrons. The summed E-state index contributed by atoms with van der Waals surface area (Å²) in [6.45, 7) is 2.44. The third kappa shape index (κ3) is 2.89. The summed E-state index contributed by atoms with van der Waals surface area (Å²) in [5, 5.41) is 13.8. The molecule has 0 saturated carbocycles. The summed E-state index contributed by atoms with van der Waals surface area (Å²) in [4.78, 5) is 0. The van der Waals surface area contributed by atoms with Crippen molar-refractivity contribution in [3.63, 3.8) is 0 Å². The minimum absolute atomic E-state index is 0.293. The van der Waals surface area contributed by atoms with Gasteiger partial charge in [0.25, 0.3) is 0 Å². The summed E-state index contributed by atoms with van der Waals surface area (Å²) in [7, 11) is 0. The third-order valence-corrected chi connectivity index (χ3v) is 3.57. The monoisotopic (exact) mass is 281 g/mol. The number of phenols is 1. The van der Waals surface area contributed by atoms with Crippen LogP contribution in [-0.2, 0) is 6.54 Å². The highest BCUT2D eigenvalue weighted by atomic mass is 35.5. The molecule has 2 aromatic carbocycles. The molecule has 18 heavy (non-hydrogen) atoms. The standard InChI is InChI=1S/C14H13Cl2NO/c1-9-7-11(5-6-13(9)18)17-8-10-3-2-4-12(15)14(10)16/h2-7,17-18H,8H2,1H3. The summed E-state index contributed by atoms with van der Waals surface area (Å²) in [5.41, 5.74) is 2.70. The third-order valence-electron chi connectivity index (χ3n) is 2.71. The number of aryl methyl sites for hydroxylation is 1. The van der Waals surface area contributed by atoms with E-state index >= 15 is 0 Å². The SMILES string of the molecule is Cc1cc(NCc2cccc(Cl)c2Cl)ccc1O. The van der Waals surface area contributed by atoms with Gasteiger partial charge in [0.1, 0.15) is 5.75 Å². The van der Waals surface area contributed by atoms with Gasteiger partial charge >= 0.3 is 0 Å². The second kappa shape index (κ2) is 5.51. The van der Waals surface area contributed by atoms with Gasteiger partial charge in [0, 0.05) is 12.2 Å². The molecule has 0 fully saturated rings. The van der Waals surface area contributed by atoms with Gasteiger partial charge in [-0.15, -0.1) is 0 Å². The van der Waals surface area contributed by atoms with Gasteiger partial charge in [0.2, 0.25) is 0 Å². The Morgan fingerprint density at radius 1 is 1.17 bits per heavy atom. The highest BCUT2D eigenvalue weighted by molar-refractivity contribution is 6.42. The number of rotatable bonds is 3. The quantitative estimate of drug-likeness (QED) is 0.805. The summed E-state index contributed by atoms with van der Waals surface area (Å²) in [5.74, 6) is 0.293. The average molecular weight is 282 g/mol. The van der Waals surface area contributed by atoms with Crippen molar-refractivity contribution in [2.45, 2.75) is 13.5 Å². The first-order valence-corrected chi connectivity index (χ1v) is 6.30. The number of hydrogen-bond donors (Lipinski definition) is 2. The normalized spacial score (nSPS) is 10.4. The maximum absolute atomic E-state index is 9.44. The molecule has 0 bridgehead atoms. The van der Waals surface area contributed by atoms with E-state index in [0.29, 0.717) is 22.3 Å². The first-order valence-electron chi connectivity index (χ1n) is 5.54. The van der Waals surface area contributed by atoms with Crippen LogP contribution >= 0.6 is 23.2 Å². The van der Waals surface area contributed by atoms with Gasteiger partial charge in [-0.05, 0) is 42.3 Å². The molecule has 2 N–H and O–H groups in total. The van der Waals surface area contributed by atoms with E-state index in [1.807, 2.05) is 31.2 Å². The van der Waals surface area contributed by atoms with E-state index in [1.54, 1.807) is 12.1 Å². The lowest BCUT2D eigenvalue weighted by Gasteiger charge is -2.10. The first kappa shape index (κ1) is 13.1. The number of halogens is 2. The molecule has 94 valence electrons. The highest BCUT2D eigenvalue weighted by Crippen LogP contribution is 2.26. The van der Waals surface area contributed by atoms with Crippen LogP contribution in [0.25, 0.3) is 0 Å². The van der Waals surface area contributed by atoms with Gasteiger partial charge in [-0.3, -0.25) is 0 Å². The van der Waals surface area contributed by atoms with Crippen LogP contribution in [0, 0.1) is 6.92 Å². The van der Waals surface area contributed by atoms with E-state index in [-0.39, 0.29) is 0 Å². The van der Waals surface area contributed by atoms with Crippen LogP contribution in [0.1, 0.15) is 11.1 Å². The minimum Gasteiger partial charge on any atom is -0.508 e. The van der Waals surface area contributed by atoms with Gasteiger partial charge in [-0.2, -0.15) is 0 Å². The number of aromatic hydroxyl groups is 1. The lowest BCUT2D eigenvalue weighted by Crippen LogP contribution is -2.00. The fraction of sp³-hybridized carbons (Fsp3) is 0.143.